The maximum absolute atomic E-state index is 13.6. The number of fused-ring (bicyclic) bond motifs is 1. The highest BCUT2D eigenvalue weighted by molar-refractivity contribution is 9.10. The van der Waals surface area contributed by atoms with E-state index in [0.29, 0.717) is 5.56 Å². The average Bonchev–Trinajstić information content (AvgIpc) is 2.78. The topological polar surface area (TPSA) is 58.6 Å². The smallest absolute Gasteiger partial charge is 0.254 e. The summed E-state index contributed by atoms with van der Waals surface area (Å²) in [4.78, 5) is 28.4. The number of amides is 2. The van der Waals surface area contributed by atoms with Crippen LogP contribution in [0.25, 0.3) is 0 Å². The van der Waals surface area contributed by atoms with Gasteiger partial charge in [0, 0.05) is 22.8 Å². The van der Waals surface area contributed by atoms with Gasteiger partial charge in [0.05, 0.1) is 19.1 Å². The van der Waals surface area contributed by atoms with Crippen molar-refractivity contribution in [3.63, 3.8) is 0 Å². The Morgan fingerprint density at radius 1 is 1.06 bits per heavy atom. The minimum Gasteiger partial charge on any atom is -0.497 e. The van der Waals surface area contributed by atoms with Crippen molar-refractivity contribution in [3.05, 3.63) is 93.5 Å². The van der Waals surface area contributed by atoms with Gasteiger partial charge in [0.15, 0.2) is 0 Å². The normalized spacial score (nSPS) is 17.8. The van der Waals surface area contributed by atoms with Crippen LogP contribution in [0.2, 0.25) is 0 Å². The summed E-state index contributed by atoms with van der Waals surface area (Å²) < 4.78 is 6.22. The summed E-state index contributed by atoms with van der Waals surface area (Å²) in [6, 6.07) is 20.2. The zero-order valence-electron chi connectivity index (χ0n) is 17.6. The molecule has 3 aromatic carbocycles. The Hall–Kier alpha value is -3.12. The molecule has 0 radical (unpaired) electrons. The molecule has 1 aliphatic heterocycles. The van der Waals surface area contributed by atoms with E-state index in [1.165, 1.54) is 0 Å². The molecular weight excluding hydrogens is 456 g/mol. The van der Waals surface area contributed by atoms with Gasteiger partial charge in [0.1, 0.15) is 5.75 Å². The maximum atomic E-state index is 13.6. The summed E-state index contributed by atoms with van der Waals surface area (Å²) in [5.74, 6) is -0.0888. The quantitative estimate of drug-likeness (QED) is 0.552. The van der Waals surface area contributed by atoms with Gasteiger partial charge < -0.3 is 15.0 Å². The first-order chi connectivity index (χ1) is 14.9. The van der Waals surface area contributed by atoms with Crippen molar-refractivity contribution in [2.24, 2.45) is 0 Å². The monoisotopic (exact) mass is 478 g/mol. The van der Waals surface area contributed by atoms with Crippen LogP contribution in [0.3, 0.4) is 0 Å². The Bertz CT molecular complexity index is 1140. The van der Waals surface area contributed by atoms with Crippen molar-refractivity contribution in [1.29, 1.82) is 0 Å². The SMILES string of the molecule is COc1ccc([C@H]2[C@@H](C(=O)Nc3ccc(Br)cc3C)c3ccccc3C(=O)N2C)cc1. The molecule has 0 fully saturated rings. The van der Waals surface area contributed by atoms with E-state index >= 15 is 0 Å². The van der Waals surface area contributed by atoms with E-state index in [1.54, 1.807) is 25.1 Å². The first-order valence-electron chi connectivity index (χ1n) is 9.97. The van der Waals surface area contributed by atoms with E-state index in [4.69, 9.17) is 4.74 Å². The number of carbonyl (C=O) groups excluding carboxylic acids is 2. The standard InChI is InChI=1S/C25H23BrN2O3/c1-15-14-17(26)10-13-21(15)27-24(29)22-19-6-4-5-7-20(19)25(30)28(2)23(22)16-8-11-18(31-3)12-9-16/h4-14,22-23H,1-3H3,(H,27,29)/t22-,23-/m0/s1. The molecule has 0 saturated heterocycles. The first kappa shape index (κ1) is 21.1. The van der Waals surface area contributed by atoms with E-state index in [1.807, 2.05) is 67.6 Å². The zero-order chi connectivity index (χ0) is 22.1. The van der Waals surface area contributed by atoms with Gasteiger partial charge in [-0.3, -0.25) is 9.59 Å². The summed E-state index contributed by atoms with van der Waals surface area (Å²) in [6.07, 6.45) is 0. The number of hydrogen-bond acceptors (Lipinski definition) is 3. The van der Waals surface area contributed by atoms with Crippen molar-refractivity contribution < 1.29 is 14.3 Å². The maximum Gasteiger partial charge on any atom is 0.254 e. The second-order valence-electron chi connectivity index (χ2n) is 7.65. The summed E-state index contributed by atoms with van der Waals surface area (Å²) in [5.41, 5.74) is 3.87. The second kappa shape index (κ2) is 8.55. The van der Waals surface area contributed by atoms with Crippen LogP contribution < -0.4 is 10.1 Å². The van der Waals surface area contributed by atoms with Crippen molar-refractivity contribution >= 4 is 33.4 Å². The first-order valence-corrected chi connectivity index (χ1v) is 10.8. The van der Waals surface area contributed by atoms with Crippen LogP contribution in [0.5, 0.6) is 5.75 Å². The summed E-state index contributed by atoms with van der Waals surface area (Å²) in [5, 5.41) is 3.08. The summed E-state index contributed by atoms with van der Waals surface area (Å²) in [6.45, 7) is 1.95. The highest BCUT2D eigenvalue weighted by atomic mass is 79.9. The number of benzene rings is 3. The average molecular weight is 479 g/mol. The Morgan fingerprint density at radius 2 is 1.77 bits per heavy atom. The summed E-state index contributed by atoms with van der Waals surface area (Å²) >= 11 is 3.46. The number of aryl methyl sites for hydroxylation is 1. The van der Waals surface area contributed by atoms with Crippen LogP contribution >= 0.6 is 15.9 Å². The van der Waals surface area contributed by atoms with Crippen LogP contribution in [0.15, 0.2) is 71.2 Å². The fourth-order valence-electron chi connectivity index (χ4n) is 4.15. The molecule has 2 atom stereocenters. The fraction of sp³-hybridized carbons (Fsp3) is 0.200. The van der Waals surface area contributed by atoms with E-state index in [2.05, 4.69) is 21.2 Å². The number of ether oxygens (including phenoxy) is 1. The van der Waals surface area contributed by atoms with Crippen LogP contribution in [0, 0.1) is 6.92 Å². The molecule has 2 amide bonds. The van der Waals surface area contributed by atoms with Crippen molar-refractivity contribution in [1.82, 2.24) is 4.90 Å². The molecule has 0 bridgehead atoms. The lowest BCUT2D eigenvalue weighted by Gasteiger charge is -2.39. The van der Waals surface area contributed by atoms with Gasteiger partial charge in [0.2, 0.25) is 5.91 Å². The number of carbonyl (C=O) groups is 2. The second-order valence-corrected chi connectivity index (χ2v) is 8.56. The molecule has 5 nitrogen and oxygen atoms in total. The van der Waals surface area contributed by atoms with Crippen molar-refractivity contribution in [2.75, 3.05) is 19.5 Å². The molecule has 1 heterocycles. The Kier molecular flexibility index (Phi) is 5.83. The van der Waals surface area contributed by atoms with E-state index in [0.717, 1.165) is 32.6 Å². The lowest BCUT2D eigenvalue weighted by atomic mass is 9.79. The predicted molar refractivity (Wildman–Crippen MR) is 125 cm³/mol. The van der Waals surface area contributed by atoms with Gasteiger partial charge in [-0.25, -0.2) is 0 Å². The minimum atomic E-state index is -0.560. The number of halogens is 1. The van der Waals surface area contributed by atoms with Crippen molar-refractivity contribution in [3.8, 4) is 5.75 Å². The van der Waals surface area contributed by atoms with Crippen LogP contribution in [-0.4, -0.2) is 30.9 Å². The molecule has 31 heavy (non-hydrogen) atoms. The van der Waals surface area contributed by atoms with Crippen LogP contribution in [-0.2, 0) is 4.79 Å². The van der Waals surface area contributed by atoms with Gasteiger partial charge in [0.25, 0.3) is 5.91 Å². The fourth-order valence-corrected chi connectivity index (χ4v) is 4.63. The Morgan fingerprint density at radius 3 is 2.45 bits per heavy atom. The minimum absolute atomic E-state index is 0.0970. The number of nitrogens with one attached hydrogen (secondary N) is 1. The molecule has 4 rings (SSSR count). The number of likely N-dealkylation sites (N-methyl/N-ethyl adjacent to an activating group) is 1. The van der Waals surface area contributed by atoms with E-state index < -0.39 is 12.0 Å². The van der Waals surface area contributed by atoms with Gasteiger partial charge in [-0.2, -0.15) is 0 Å². The van der Waals surface area contributed by atoms with Gasteiger partial charge in [-0.15, -0.1) is 0 Å². The van der Waals surface area contributed by atoms with E-state index in [-0.39, 0.29) is 11.8 Å². The largest absolute Gasteiger partial charge is 0.497 e. The lowest BCUT2D eigenvalue weighted by molar-refractivity contribution is -0.119. The van der Waals surface area contributed by atoms with E-state index in [9.17, 15) is 9.59 Å². The molecule has 0 unspecified atom stereocenters. The highest BCUT2D eigenvalue weighted by Gasteiger charge is 2.42. The molecule has 3 aromatic rings. The van der Waals surface area contributed by atoms with Gasteiger partial charge in [-0.05, 0) is 60.0 Å². The third kappa shape index (κ3) is 3.95. The Balaban J connectivity index is 1.79. The number of hydrogen-bond donors (Lipinski definition) is 1. The molecule has 1 N–H and O–H groups in total. The number of anilines is 1. The number of methoxy groups -OCH3 is 1. The van der Waals surface area contributed by atoms with Gasteiger partial charge in [-0.1, -0.05) is 46.3 Å². The molecule has 0 aliphatic carbocycles. The molecular formula is C25H23BrN2O3. The molecule has 1 aliphatic rings. The highest BCUT2D eigenvalue weighted by Crippen LogP contribution is 2.43. The van der Waals surface area contributed by atoms with Gasteiger partial charge >= 0.3 is 0 Å². The third-order valence-corrected chi connectivity index (χ3v) is 6.26. The molecule has 0 spiro atoms. The molecule has 6 heteroatoms. The predicted octanol–water partition coefficient (Wildman–Crippen LogP) is 5.32. The number of rotatable bonds is 4. The molecule has 0 aromatic heterocycles. The Labute approximate surface area is 190 Å². The number of nitrogens with zero attached hydrogens (tertiary/aromatic N) is 1. The molecule has 158 valence electrons. The zero-order valence-corrected chi connectivity index (χ0v) is 19.1. The van der Waals surface area contributed by atoms with Crippen LogP contribution in [0.1, 0.15) is 39.0 Å². The lowest BCUT2D eigenvalue weighted by Crippen LogP contribution is -2.44. The third-order valence-electron chi connectivity index (χ3n) is 5.77. The molecule has 0 saturated carbocycles. The van der Waals surface area contributed by atoms with Crippen LogP contribution in [0.4, 0.5) is 5.69 Å². The van der Waals surface area contributed by atoms with Crippen molar-refractivity contribution in [2.45, 2.75) is 18.9 Å². The summed E-state index contributed by atoms with van der Waals surface area (Å²) in [7, 11) is 3.36.